The molecule has 0 bridgehead atoms. The lowest BCUT2D eigenvalue weighted by Crippen LogP contribution is -2.28. The molecular weight excluding hydrogens is 280 g/mol. The molecule has 1 aliphatic rings. The molecule has 0 radical (unpaired) electrons. The zero-order chi connectivity index (χ0) is 14.9. The van der Waals surface area contributed by atoms with Gasteiger partial charge in [0.25, 0.3) is 0 Å². The molecule has 108 valence electrons. The fraction of sp³-hybridized carbons (Fsp3) is 0.353. The van der Waals surface area contributed by atoms with Crippen molar-refractivity contribution in [3.05, 3.63) is 35.7 Å². The highest BCUT2D eigenvalue weighted by Crippen LogP contribution is 2.34. The number of carbonyl (C=O) groups excluding carboxylic acids is 1. The highest BCUT2D eigenvalue weighted by atomic mass is 32.1. The van der Waals surface area contributed by atoms with Crippen molar-refractivity contribution in [1.82, 2.24) is 4.98 Å². The molecule has 21 heavy (non-hydrogen) atoms. The number of thiazole rings is 1. The van der Waals surface area contributed by atoms with E-state index < -0.39 is 0 Å². The molecule has 3 nitrogen and oxygen atoms in total. The predicted octanol–water partition coefficient (Wildman–Crippen LogP) is 4.66. The molecule has 1 fully saturated rings. The van der Waals surface area contributed by atoms with Crippen LogP contribution in [-0.4, -0.2) is 16.5 Å². The maximum Gasteiger partial charge on any atom is 0.209 e. The van der Waals surface area contributed by atoms with Crippen LogP contribution < -0.4 is 0 Å². The molecule has 1 aromatic carbocycles. The predicted molar refractivity (Wildman–Crippen MR) is 87.3 cm³/mol. The zero-order valence-corrected chi connectivity index (χ0v) is 13.1. The van der Waals surface area contributed by atoms with E-state index in [9.17, 15) is 4.79 Å². The van der Waals surface area contributed by atoms with Crippen molar-refractivity contribution in [3.63, 3.8) is 0 Å². The van der Waals surface area contributed by atoms with Gasteiger partial charge in [0.05, 0.1) is 5.69 Å². The first-order chi connectivity index (χ1) is 10.0. The Bertz CT molecular complexity index is 686. The molecule has 0 aliphatic heterocycles. The van der Waals surface area contributed by atoms with Gasteiger partial charge < -0.3 is 0 Å². The molecule has 0 unspecified atom stereocenters. The van der Waals surface area contributed by atoms with Crippen LogP contribution in [-0.2, 0) is 4.79 Å². The van der Waals surface area contributed by atoms with Gasteiger partial charge in [-0.15, -0.1) is 11.3 Å². The van der Waals surface area contributed by atoms with Crippen molar-refractivity contribution in [2.24, 2.45) is 10.4 Å². The standard InChI is InChI=1S/C17H18N2OS/c1-17(2)9-13(8-14(20)10-17)18-16-19-15(11-21-16)12-6-4-3-5-7-12/h3-7,11H,8-10H2,1-2H3/b18-13+. The van der Waals surface area contributed by atoms with Gasteiger partial charge in [-0.2, -0.15) is 0 Å². The maximum atomic E-state index is 11.8. The highest BCUT2D eigenvalue weighted by molar-refractivity contribution is 7.13. The molecule has 0 spiro atoms. The average molecular weight is 298 g/mol. The number of carbonyl (C=O) groups is 1. The van der Waals surface area contributed by atoms with Crippen molar-refractivity contribution in [2.45, 2.75) is 33.1 Å². The Morgan fingerprint density at radius 1 is 1.19 bits per heavy atom. The molecule has 1 aromatic heterocycles. The lowest BCUT2D eigenvalue weighted by Gasteiger charge is -2.29. The molecule has 4 heteroatoms. The van der Waals surface area contributed by atoms with Crippen LogP contribution >= 0.6 is 11.3 Å². The molecule has 1 saturated carbocycles. The van der Waals surface area contributed by atoms with Gasteiger partial charge >= 0.3 is 0 Å². The van der Waals surface area contributed by atoms with Gasteiger partial charge in [-0.3, -0.25) is 4.79 Å². The van der Waals surface area contributed by atoms with Gasteiger partial charge in [-0.05, 0) is 11.8 Å². The molecular formula is C17H18N2OS. The third-order valence-electron chi connectivity index (χ3n) is 3.57. The summed E-state index contributed by atoms with van der Waals surface area (Å²) >= 11 is 1.53. The quantitative estimate of drug-likeness (QED) is 0.809. The van der Waals surface area contributed by atoms with Gasteiger partial charge in [0.2, 0.25) is 5.13 Å². The molecule has 0 N–H and O–H groups in total. The molecule has 0 atom stereocenters. The van der Waals surface area contributed by atoms with Crippen LogP contribution in [0.4, 0.5) is 5.13 Å². The SMILES string of the molecule is CC1(C)CC(=O)C/C(=N\c2nc(-c3ccccc3)cs2)C1. The van der Waals surface area contributed by atoms with Crippen LogP contribution in [0.1, 0.15) is 33.1 Å². The Labute approximate surface area is 128 Å². The van der Waals surface area contributed by atoms with E-state index in [0.717, 1.165) is 28.5 Å². The van der Waals surface area contributed by atoms with Crippen molar-refractivity contribution in [3.8, 4) is 11.3 Å². The minimum Gasteiger partial charge on any atom is -0.299 e. The van der Waals surface area contributed by atoms with Crippen LogP contribution in [0.15, 0.2) is 40.7 Å². The minimum atomic E-state index is 0.0215. The van der Waals surface area contributed by atoms with Crippen molar-refractivity contribution < 1.29 is 4.79 Å². The normalized spacial score (nSPS) is 19.9. The summed E-state index contributed by atoms with van der Waals surface area (Å²) in [6.07, 6.45) is 2.00. The third-order valence-corrected chi connectivity index (χ3v) is 4.31. The number of aromatic nitrogens is 1. The van der Waals surface area contributed by atoms with Gasteiger partial charge in [0.1, 0.15) is 5.78 Å². The van der Waals surface area contributed by atoms with Gasteiger partial charge in [0.15, 0.2) is 0 Å². The fourth-order valence-electron chi connectivity index (χ4n) is 2.77. The highest BCUT2D eigenvalue weighted by Gasteiger charge is 2.30. The number of ketones is 1. The average Bonchev–Trinajstić information content (AvgIpc) is 2.86. The first-order valence-electron chi connectivity index (χ1n) is 7.11. The molecule has 2 aromatic rings. The smallest absolute Gasteiger partial charge is 0.209 e. The topological polar surface area (TPSA) is 42.3 Å². The summed E-state index contributed by atoms with van der Waals surface area (Å²) in [5, 5.41) is 2.76. The first-order valence-corrected chi connectivity index (χ1v) is 7.99. The number of aliphatic imine (C=N–C) groups is 1. The number of benzene rings is 1. The van der Waals surface area contributed by atoms with Gasteiger partial charge in [-0.1, -0.05) is 44.2 Å². The summed E-state index contributed by atoms with van der Waals surface area (Å²) in [6, 6.07) is 10.1. The van der Waals surface area contributed by atoms with Crippen LogP contribution in [0, 0.1) is 5.41 Å². The maximum absolute atomic E-state index is 11.8. The zero-order valence-electron chi connectivity index (χ0n) is 12.3. The van der Waals surface area contributed by atoms with Gasteiger partial charge in [-0.25, -0.2) is 9.98 Å². The van der Waals surface area contributed by atoms with Crippen LogP contribution in [0.25, 0.3) is 11.3 Å². The largest absolute Gasteiger partial charge is 0.299 e. The van der Waals surface area contributed by atoms with Crippen LogP contribution in [0.5, 0.6) is 0 Å². The lowest BCUT2D eigenvalue weighted by molar-refractivity contribution is -0.120. The number of rotatable bonds is 2. The van der Waals surface area contributed by atoms with Crippen LogP contribution in [0.3, 0.4) is 0 Å². The number of nitrogens with zero attached hydrogens (tertiary/aromatic N) is 2. The Balaban J connectivity index is 1.84. The molecule has 0 amide bonds. The van der Waals surface area contributed by atoms with Crippen molar-refractivity contribution in [2.75, 3.05) is 0 Å². The number of hydrogen-bond donors (Lipinski definition) is 0. The van der Waals surface area contributed by atoms with Gasteiger partial charge in [0, 0.05) is 29.5 Å². The number of Topliss-reactive ketones (excluding diaryl/α,β-unsaturated/α-hetero) is 1. The fourth-order valence-corrected chi connectivity index (χ4v) is 3.51. The van der Waals surface area contributed by atoms with E-state index in [2.05, 4.69) is 23.8 Å². The second kappa shape index (κ2) is 5.53. The van der Waals surface area contributed by atoms with Crippen molar-refractivity contribution in [1.29, 1.82) is 0 Å². The summed E-state index contributed by atoms with van der Waals surface area (Å²) in [5.74, 6) is 0.282. The van der Waals surface area contributed by atoms with E-state index in [1.54, 1.807) is 0 Å². The lowest BCUT2D eigenvalue weighted by atomic mass is 9.76. The van der Waals surface area contributed by atoms with Crippen molar-refractivity contribution >= 4 is 28.0 Å². The first kappa shape index (κ1) is 14.1. The second-order valence-electron chi connectivity index (χ2n) is 6.29. The Morgan fingerprint density at radius 3 is 2.67 bits per heavy atom. The molecule has 1 aliphatic carbocycles. The second-order valence-corrected chi connectivity index (χ2v) is 7.13. The Kier molecular flexibility index (Phi) is 3.72. The minimum absolute atomic E-state index is 0.0215. The summed E-state index contributed by atoms with van der Waals surface area (Å²) in [6.45, 7) is 4.24. The van der Waals surface area contributed by atoms with E-state index in [1.807, 2.05) is 35.7 Å². The summed E-state index contributed by atoms with van der Waals surface area (Å²) < 4.78 is 0. The summed E-state index contributed by atoms with van der Waals surface area (Å²) in [5.41, 5.74) is 3.03. The molecule has 0 saturated heterocycles. The summed E-state index contributed by atoms with van der Waals surface area (Å²) in [4.78, 5) is 21.0. The molecule has 3 rings (SSSR count). The van der Waals surface area contributed by atoms with E-state index in [-0.39, 0.29) is 11.2 Å². The monoisotopic (exact) mass is 298 g/mol. The van der Waals surface area contributed by atoms with Crippen LogP contribution in [0.2, 0.25) is 0 Å². The number of hydrogen-bond acceptors (Lipinski definition) is 4. The van der Waals surface area contributed by atoms with E-state index in [4.69, 9.17) is 0 Å². The summed E-state index contributed by atoms with van der Waals surface area (Å²) in [7, 11) is 0. The van der Waals surface area contributed by atoms with E-state index >= 15 is 0 Å². The van der Waals surface area contributed by atoms with E-state index in [0.29, 0.717) is 12.8 Å². The third kappa shape index (κ3) is 3.45. The van der Waals surface area contributed by atoms with E-state index in [1.165, 1.54) is 11.3 Å². The molecule has 1 heterocycles. The Hall–Kier alpha value is -1.81. The Morgan fingerprint density at radius 2 is 1.95 bits per heavy atom.